The van der Waals surface area contributed by atoms with E-state index < -0.39 is 11.2 Å². The summed E-state index contributed by atoms with van der Waals surface area (Å²) in [6.45, 7) is 3.99. The first-order valence-electron chi connectivity index (χ1n) is 13.4. The third-order valence-electron chi connectivity index (χ3n) is 7.10. The number of fused-ring (bicyclic) bond motifs is 1. The number of aromatic nitrogens is 5. The Labute approximate surface area is 248 Å². The molecule has 0 radical (unpaired) electrons. The van der Waals surface area contributed by atoms with E-state index in [1.807, 2.05) is 32.0 Å². The Morgan fingerprint density at radius 3 is 2.17 bits per heavy atom. The summed E-state index contributed by atoms with van der Waals surface area (Å²) in [7, 11) is 0. The second kappa shape index (κ2) is 10.9. The molecule has 2 amide bonds. The molecule has 6 rings (SSSR count). The summed E-state index contributed by atoms with van der Waals surface area (Å²) < 4.78 is 17.5. The molecule has 1 aliphatic carbocycles. The maximum atomic E-state index is 14.8. The van der Waals surface area contributed by atoms with E-state index in [2.05, 4.69) is 52.2 Å². The molecular formula is C30H26BrFN8O2. The van der Waals surface area contributed by atoms with Crippen LogP contribution in [0, 0.1) is 11.2 Å². The number of hydrogen-bond donors (Lipinski definition) is 3. The molecule has 1 saturated carbocycles. The molecule has 2 aromatic heterocycles. The highest BCUT2D eigenvalue weighted by Crippen LogP contribution is 2.47. The second-order valence-electron chi connectivity index (χ2n) is 10.4. The van der Waals surface area contributed by atoms with Gasteiger partial charge in [-0.2, -0.15) is 0 Å². The molecule has 0 bridgehead atoms. The van der Waals surface area contributed by atoms with E-state index in [0.29, 0.717) is 41.0 Å². The van der Waals surface area contributed by atoms with Gasteiger partial charge in [0.1, 0.15) is 16.6 Å². The van der Waals surface area contributed by atoms with E-state index >= 15 is 0 Å². The number of carbonyl (C=O) groups is 2. The molecule has 212 valence electrons. The van der Waals surface area contributed by atoms with Crippen molar-refractivity contribution in [2.45, 2.75) is 32.7 Å². The highest BCUT2D eigenvalue weighted by molar-refractivity contribution is 9.10. The van der Waals surface area contributed by atoms with Gasteiger partial charge < -0.3 is 16.0 Å². The number of amides is 2. The summed E-state index contributed by atoms with van der Waals surface area (Å²) in [5, 5.41) is 17.1. The van der Waals surface area contributed by atoms with Crippen molar-refractivity contribution in [3.05, 3.63) is 83.2 Å². The summed E-state index contributed by atoms with van der Waals surface area (Å²) in [5.74, 6) is -1.02. The van der Waals surface area contributed by atoms with Crippen LogP contribution in [0.15, 0.2) is 77.4 Å². The van der Waals surface area contributed by atoms with Crippen molar-refractivity contribution in [2.24, 2.45) is 5.41 Å². The molecule has 12 heteroatoms. The molecule has 0 atom stereocenters. The monoisotopic (exact) mass is 628 g/mol. The van der Waals surface area contributed by atoms with Gasteiger partial charge in [-0.25, -0.2) is 19.0 Å². The minimum Gasteiger partial charge on any atom is -0.325 e. The van der Waals surface area contributed by atoms with Crippen molar-refractivity contribution in [3.8, 4) is 11.3 Å². The van der Waals surface area contributed by atoms with Gasteiger partial charge >= 0.3 is 0 Å². The normalized spacial score (nSPS) is 13.6. The number of anilines is 4. The molecule has 3 N–H and O–H groups in total. The maximum absolute atomic E-state index is 14.8. The average molecular weight is 629 g/mol. The van der Waals surface area contributed by atoms with Crippen molar-refractivity contribution in [1.82, 2.24) is 25.0 Å². The lowest BCUT2D eigenvalue weighted by Gasteiger charge is -2.16. The Kier molecular flexibility index (Phi) is 7.15. The predicted octanol–water partition coefficient (Wildman–Crippen LogP) is 6.47. The zero-order chi connectivity index (χ0) is 29.4. The van der Waals surface area contributed by atoms with Crippen LogP contribution in [0.1, 0.15) is 32.7 Å². The fourth-order valence-electron chi connectivity index (χ4n) is 4.58. The quantitative estimate of drug-likeness (QED) is 0.168. The summed E-state index contributed by atoms with van der Waals surface area (Å²) in [5.41, 5.74) is 2.93. The first-order valence-corrected chi connectivity index (χ1v) is 14.1. The smallest absolute Gasteiger partial charge is 0.240 e. The van der Waals surface area contributed by atoms with Gasteiger partial charge in [0.15, 0.2) is 5.82 Å². The standard InChI is InChI=1S/C30H26BrFN8O2/c1-17(2)40-25-15-18(3-12-24(25)38-39-40)26-23(32)16-33-29(37-26)36-22-10-8-21(9-11-22)35-28(42)30(13-14-30)27(41)34-20-6-4-19(31)5-7-20/h3-12,15-17H,13-14H2,1-2H3,(H,34,41)(H,35,42)(H,33,36,37). The Morgan fingerprint density at radius 1 is 0.929 bits per heavy atom. The Balaban J connectivity index is 1.13. The number of halogens is 2. The third kappa shape index (κ3) is 5.45. The van der Waals surface area contributed by atoms with Crippen LogP contribution in [-0.2, 0) is 9.59 Å². The largest absolute Gasteiger partial charge is 0.325 e. The summed E-state index contributed by atoms with van der Waals surface area (Å²) >= 11 is 3.37. The Morgan fingerprint density at radius 2 is 1.55 bits per heavy atom. The molecule has 0 spiro atoms. The average Bonchev–Trinajstić information content (AvgIpc) is 3.69. The summed E-state index contributed by atoms with van der Waals surface area (Å²) in [4.78, 5) is 34.4. The van der Waals surface area contributed by atoms with Gasteiger partial charge in [-0.1, -0.05) is 27.2 Å². The predicted molar refractivity (Wildman–Crippen MR) is 162 cm³/mol. The zero-order valence-electron chi connectivity index (χ0n) is 22.7. The maximum Gasteiger partial charge on any atom is 0.240 e. The van der Waals surface area contributed by atoms with Crippen LogP contribution < -0.4 is 16.0 Å². The van der Waals surface area contributed by atoms with Gasteiger partial charge in [0.25, 0.3) is 0 Å². The van der Waals surface area contributed by atoms with Crippen LogP contribution in [-0.4, -0.2) is 36.8 Å². The fraction of sp³-hybridized carbons (Fsp3) is 0.200. The zero-order valence-corrected chi connectivity index (χ0v) is 24.3. The lowest BCUT2D eigenvalue weighted by molar-refractivity contribution is -0.131. The van der Waals surface area contributed by atoms with E-state index in [9.17, 15) is 14.0 Å². The van der Waals surface area contributed by atoms with Crippen molar-refractivity contribution < 1.29 is 14.0 Å². The fourth-order valence-corrected chi connectivity index (χ4v) is 4.84. The lowest BCUT2D eigenvalue weighted by Crippen LogP contribution is -2.35. The van der Waals surface area contributed by atoms with Gasteiger partial charge in [-0.05, 0) is 87.4 Å². The van der Waals surface area contributed by atoms with Gasteiger partial charge in [0.2, 0.25) is 17.8 Å². The molecule has 1 aliphatic rings. The van der Waals surface area contributed by atoms with Gasteiger partial charge in [0, 0.05) is 33.1 Å². The van der Waals surface area contributed by atoms with Gasteiger partial charge in [-0.15, -0.1) is 5.10 Å². The van der Waals surface area contributed by atoms with E-state index in [4.69, 9.17) is 0 Å². The molecule has 1 fully saturated rings. The van der Waals surface area contributed by atoms with Crippen molar-refractivity contribution in [2.75, 3.05) is 16.0 Å². The van der Waals surface area contributed by atoms with Crippen LogP contribution in [0.4, 0.5) is 27.4 Å². The van der Waals surface area contributed by atoms with Crippen LogP contribution in [0.25, 0.3) is 22.3 Å². The molecule has 2 heterocycles. The van der Waals surface area contributed by atoms with Crippen LogP contribution in [0.3, 0.4) is 0 Å². The van der Waals surface area contributed by atoms with E-state index in [0.717, 1.165) is 16.2 Å². The Bertz CT molecular complexity index is 1800. The SMILES string of the molecule is CC(C)n1nnc2ccc(-c3nc(Nc4ccc(NC(=O)C5(C(=O)Nc6ccc(Br)cc6)CC5)cc4)ncc3F)cc21. The number of hydrogen-bond acceptors (Lipinski definition) is 7. The van der Waals surface area contributed by atoms with Crippen molar-refractivity contribution in [1.29, 1.82) is 0 Å². The minimum absolute atomic E-state index is 0.0922. The van der Waals surface area contributed by atoms with Gasteiger partial charge in [0.05, 0.1) is 11.7 Å². The number of nitrogens with zero attached hydrogens (tertiary/aromatic N) is 5. The van der Waals surface area contributed by atoms with Crippen LogP contribution in [0.2, 0.25) is 0 Å². The molecule has 0 saturated heterocycles. The Hall–Kier alpha value is -4.71. The lowest BCUT2D eigenvalue weighted by atomic mass is 10.0. The van der Waals surface area contributed by atoms with E-state index in [-0.39, 0.29) is 29.5 Å². The second-order valence-corrected chi connectivity index (χ2v) is 11.3. The first-order chi connectivity index (χ1) is 20.2. The molecule has 3 aromatic carbocycles. The summed E-state index contributed by atoms with van der Waals surface area (Å²) in [6.07, 6.45) is 2.08. The van der Waals surface area contributed by atoms with E-state index in [1.165, 1.54) is 0 Å². The molecule has 0 unspecified atom stereocenters. The number of rotatable bonds is 8. The van der Waals surface area contributed by atoms with Crippen LogP contribution in [0.5, 0.6) is 0 Å². The number of nitrogens with one attached hydrogen (secondary N) is 3. The highest BCUT2D eigenvalue weighted by Gasteiger charge is 2.56. The molecule has 42 heavy (non-hydrogen) atoms. The number of carbonyl (C=O) groups excluding carboxylic acids is 2. The topological polar surface area (TPSA) is 127 Å². The van der Waals surface area contributed by atoms with Crippen molar-refractivity contribution >= 4 is 61.8 Å². The third-order valence-corrected chi connectivity index (χ3v) is 7.63. The number of benzene rings is 3. The molecule has 5 aromatic rings. The highest BCUT2D eigenvalue weighted by atomic mass is 79.9. The molecular weight excluding hydrogens is 603 g/mol. The minimum atomic E-state index is -1.09. The van der Waals surface area contributed by atoms with Crippen LogP contribution >= 0.6 is 15.9 Å². The van der Waals surface area contributed by atoms with Crippen molar-refractivity contribution in [3.63, 3.8) is 0 Å². The molecule has 10 nitrogen and oxygen atoms in total. The summed E-state index contributed by atoms with van der Waals surface area (Å²) in [6, 6.07) is 19.5. The first kappa shape index (κ1) is 27.5. The molecule has 0 aliphatic heterocycles. The van der Waals surface area contributed by atoms with Gasteiger partial charge in [-0.3, -0.25) is 9.59 Å². The van der Waals surface area contributed by atoms with E-state index in [1.54, 1.807) is 53.2 Å².